The Balaban J connectivity index is 0.750. The van der Waals surface area contributed by atoms with Gasteiger partial charge in [-0.25, -0.2) is 14.4 Å². The van der Waals surface area contributed by atoms with Crippen LogP contribution in [0.1, 0.15) is 100 Å². The summed E-state index contributed by atoms with van der Waals surface area (Å²) in [5, 5.41) is 25.2. The number of ether oxygens (including phenoxy) is 1. The third-order valence-electron chi connectivity index (χ3n) is 14.3. The largest absolute Gasteiger partial charge is 0.507 e. The molecule has 14 nitrogen and oxygen atoms in total. The van der Waals surface area contributed by atoms with Crippen LogP contribution in [0.2, 0.25) is 0 Å². The molecule has 8 heterocycles. The Bertz CT molecular complexity index is 2310. The van der Waals surface area contributed by atoms with Gasteiger partial charge in [-0.15, -0.1) is 10.2 Å². The third-order valence-corrected chi connectivity index (χ3v) is 14.3. The maximum absolute atomic E-state index is 14.1. The van der Waals surface area contributed by atoms with Gasteiger partial charge in [0, 0.05) is 55.0 Å². The molecule has 2 amide bonds. The molecule has 6 fully saturated rings. The van der Waals surface area contributed by atoms with Crippen LogP contribution in [0.25, 0.3) is 11.3 Å². The number of nitrogens with one attached hydrogen (secondary N) is 2. The van der Waals surface area contributed by atoms with Crippen LogP contribution in [-0.4, -0.2) is 99.4 Å². The second kappa shape index (κ2) is 16.1. The molecule has 6 aliphatic heterocycles. The summed E-state index contributed by atoms with van der Waals surface area (Å²) in [7, 11) is 0. The summed E-state index contributed by atoms with van der Waals surface area (Å²) in [6, 6.07) is 14.5. The van der Waals surface area contributed by atoms with Crippen LogP contribution in [0.3, 0.4) is 0 Å². The lowest BCUT2D eigenvalue weighted by Gasteiger charge is -2.53. The first-order valence-corrected chi connectivity index (χ1v) is 22.2. The molecule has 4 aromatic rings. The van der Waals surface area contributed by atoms with Crippen molar-refractivity contribution in [3.8, 4) is 22.8 Å². The lowest BCUT2D eigenvalue weighted by atomic mass is 9.73. The molecule has 2 aromatic heterocycles. The fourth-order valence-corrected chi connectivity index (χ4v) is 11.4. The average Bonchev–Trinajstić information content (AvgIpc) is 3.25. The van der Waals surface area contributed by atoms with Gasteiger partial charge in [0.15, 0.2) is 5.82 Å². The van der Waals surface area contributed by atoms with E-state index < -0.39 is 5.82 Å². The van der Waals surface area contributed by atoms with Gasteiger partial charge in [-0.3, -0.25) is 14.9 Å². The second-order valence-electron chi connectivity index (χ2n) is 18.3. The van der Waals surface area contributed by atoms with E-state index in [2.05, 4.69) is 66.7 Å². The molecule has 4 atom stereocenters. The minimum Gasteiger partial charge on any atom is -0.507 e. The number of fused-ring (bicyclic) bond motifs is 5. The molecule has 2 aromatic carbocycles. The number of halogens is 1. The van der Waals surface area contributed by atoms with Gasteiger partial charge in [-0.2, -0.15) is 0 Å². The Morgan fingerprint density at radius 3 is 2.54 bits per heavy atom. The van der Waals surface area contributed by atoms with Crippen LogP contribution in [0, 0.1) is 11.7 Å². The number of carbonyl (C=O) groups is 2. The van der Waals surface area contributed by atoms with E-state index in [1.54, 1.807) is 6.07 Å². The van der Waals surface area contributed by atoms with Crippen LogP contribution >= 0.6 is 0 Å². The summed E-state index contributed by atoms with van der Waals surface area (Å²) in [4.78, 5) is 41.9. The molecule has 11 rings (SSSR count). The lowest BCUT2D eigenvalue weighted by Crippen LogP contribution is -2.67. The minimum absolute atomic E-state index is 0.0638. The fourth-order valence-electron chi connectivity index (χ4n) is 11.4. The predicted octanol–water partition coefficient (Wildman–Crippen LogP) is 5.37. The first kappa shape index (κ1) is 39.7. The van der Waals surface area contributed by atoms with Crippen molar-refractivity contribution >= 4 is 29.0 Å². The van der Waals surface area contributed by atoms with Crippen molar-refractivity contribution in [1.29, 1.82) is 0 Å². The van der Waals surface area contributed by atoms with Crippen LogP contribution < -0.4 is 30.9 Å². The molecule has 5 N–H and O–H groups in total. The second-order valence-corrected chi connectivity index (χ2v) is 18.3. The zero-order chi connectivity index (χ0) is 41.8. The number of para-hydroxylation sites is 1. The number of imide groups is 1. The first-order chi connectivity index (χ1) is 29.6. The molecule has 0 radical (unpaired) electrons. The number of phenols is 1. The molecule has 15 heteroatoms. The number of nitrogens with zero attached hydrogens (tertiary/aromatic N) is 7. The summed E-state index contributed by atoms with van der Waals surface area (Å²) < 4.78 is 20.4. The summed E-state index contributed by atoms with van der Waals surface area (Å²) in [5.41, 5.74) is 10.8. The molecule has 1 unspecified atom stereocenters. The Labute approximate surface area is 355 Å². The third kappa shape index (κ3) is 7.64. The van der Waals surface area contributed by atoms with Gasteiger partial charge >= 0.3 is 0 Å². The maximum Gasteiger partial charge on any atom is 0.249 e. The number of nitrogens with two attached hydrogens (primary N) is 1. The number of phenolic OH excluding ortho intramolecular Hbond substituents is 1. The minimum atomic E-state index is -0.462. The molecule has 0 spiro atoms. The van der Waals surface area contributed by atoms with E-state index in [4.69, 9.17) is 20.4 Å². The quantitative estimate of drug-likeness (QED) is 0.175. The number of rotatable bonds is 7. The SMILES string of the molecule is C[C@@H]1CN(c2cc(-c3cc(F)ccc3O)nnc2N)C[C@H]2CC(c3nccc(C4CCN(C5CCC(c6cccc7c6OCCN7[C@@H]6CCC(=O)NC6=O)CC5)CC4)n3)(C1)N2. The Kier molecular flexibility index (Phi) is 10.5. The average molecular weight is 831 g/mol. The van der Waals surface area contributed by atoms with Gasteiger partial charge in [0.2, 0.25) is 11.8 Å². The highest BCUT2D eigenvalue weighted by Crippen LogP contribution is 2.47. The smallest absolute Gasteiger partial charge is 0.249 e. The monoisotopic (exact) mass is 830 g/mol. The van der Waals surface area contributed by atoms with E-state index in [1.165, 1.54) is 23.8 Å². The predicted molar refractivity (Wildman–Crippen MR) is 229 cm³/mol. The van der Waals surface area contributed by atoms with E-state index in [-0.39, 0.29) is 46.7 Å². The molecule has 61 heavy (non-hydrogen) atoms. The van der Waals surface area contributed by atoms with Crippen molar-refractivity contribution in [3.63, 3.8) is 0 Å². The highest BCUT2D eigenvalue weighted by Gasteiger charge is 2.50. The summed E-state index contributed by atoms with van der Waals surface area (Å²) >= 11 is 0. The van der Waals surface area contributed by atoms with Crippen LogP contribution in [0.4, 0.5) is 21.6 Å². The number of piperidine rings is 2. The zero-order valence-corrected chi connectivity index (χ0v) is 34.7. The molecular weight excluding hydrogens is 776 g/mol. The van der Waals surface area contributed by atoms with E-state index in [0.29, 0.717) is 61.9 Å². The van der Waals surface area contributed by atoms with Crippen molar-refractivity contribution in [2.75, 3.05) is 54.9 Å². The van der Waals surface area contributed by atoms with Gasteiger partial charge in [0.05, 0.1) is 29.2 Å². The van der Waals surface area contributed by atoms with E-state index in [1.807, 2.05) is 6.20 Å². The van der Waals surface area contributed by atoms with E-state index in [9.17, 15) is 19.1 Å². The number of anilines is 3. The summed E-state index contributed by atoms with van der Waals surface area (Å²) in [5.74, 6) is 2.28. The maximum atomic E-state index is 14.1. The highest BCUT2D eigenvalue weighted by atomic mass is 19.1. The van der Waals surface area contributed by atoms with E-state index in [0.717, 1.165) is 99.6 Å². The summed E-state index contributed by atoms with van der Waals surface area (Å²) in [6.45, 7) is 7.00. The number of nitrogen functional groups attached to an aromatic ring is 1. The van der Waals surface area contributed by atoms with Crippen molar-refractivity contribution in [3.05, 3.63) is 77.6 Å². The highest BCUT2D eigenvalue weighted by molar-refractivity contribution is 6.02. The number of aromatic hydroxyl groups is 1. The Morgan fingerprint density at radius 1 is 0.918 bits per heavy atom. The van der Waals surface area contributed by atoms with Gasteiger partial charge < -0.3 is 35.6 Å². The van der Waals surface area contributed by atoms with Gasteiger partial charge in [-0.1, -0.05) is 19.1 Å². The topological polar surface area (TPSA) is 175 Å². The van der Waals surface area contributed by atoms with Gasteiger partial charge in [0.1, 0.15) is 35.8 Å². The van der Waals surface area contributed by atoms with Crippen molar-refractivity contribution < 1.29 is 23.8 Å². The van der Waals surface area contributed by atoms with Crippen LogP contribution in [0.5, 0.6) is 11.5 Å². The number of hydrogen-bond donors (Lipinski definition) is 4. The molecule has 320 valence electrons. The molecule has 5 saturated heterocycles. The number of benzene rings is 2. The summed E-state index contributed by atoms with van der Waals surface area (Å²) in [6.07, 6.45) is 11.3. The van der Waals surface area contributed by atoms with Crippen molar-refractivity contribution in [2.24, 2.45) is 5.92 Å². The number of aromatic nitrogens is 4. The van der Waals surface area contributed by atoms with Crippen LogP contribution in [-0.2, 0) is 15.1 Å². The van der Waals surface area contributed by atoms with Crippen LogP contribution in [0.15, 0.2) is 54.7 Å². The number of likely N-dealkylation sites (tertiary alicyclic amines) is 1. The molecule has 7 aliphatic rings. The molecule has 1 saturated carbocycles. The van der Waals surface area contributed by atoms with Crippen molar-refractivity contribution in [2.45, 2.75) is 107 Å². The fraction of sp³-hybridized carbons (Fsp3) is 0.522. The van der Waals surface area contributed by atoms with Gasteiger partial charge in [0.25, 0.3) is 0 Å². The Hall–Kier alpha value is -5.41. The number of amides is 2. The van der Waals surface area contributed by atoms with Crippen molar-refractivity contribution in [1.82, 2.24) is 35.7 Å². The zero-order valence-electron chi connectivity index (χ0n) is 34.7. The lowest BCUT2D eigenvalue weighted by molar-refractivity contribution is -0.134. The molecule has 2 bridgehead atoms. The molecular formula is C46H55FN10O4. The standard InChI is InChI=1S/C46H55FN10O4/c1-27-23-46(24-31(52-46)26-56(25-27)39-22-36(53-54-43(39)48)34-21-30(47)7-11-40(34)58)45-49-16-13-35(50-45)29-14-17-55(18-15-29)32-8-5-28(6-9-32)33-3-2-4-37-42(33)61-20-19-57(37)38-10-12-41(59)51-44(38)60/h2-4,7,11,13,16,21-22,27-29,31-32,38,52,58H,5-6,8-10,12,14-15,17-20,23-26H2,1H3,(H2,48,54)(H,51,59,60)/t27-,28?,31+,32?,38+,46?/m0/s1. The first-order valence-electron chi connectivity index (χ1n) is 22.2. The van der Waals surface area contributed by atoms with E-state index >= 15 is 0 Å². The molecule has 1 aliphatic carbocycles. The number of carbonyl (C=O) groups excluding carboxylic acids is 2. The number of hydrogen-bond acceptors (Lipinski definition) is 13. The van der Waals surface area contributed by atoms with Gasteiger partial charge in [-0.05, 0) is 125 Å². The Morgan fingerprint density at radius 2 is 1.74 bits per heavy atom. The normalized spacial score (nSPS) is 28.5.